The highest BCUT2D eigenvalue weighted by Crippen LogP contribution is 2.40. The number of rotatable bonds is 5. The molecule has 0 aromatic heterocycles. The number of aromatic hydroxyl groups is 1. The van der Waals surface area contributed by atoms with Gasteiger partial charge in [0.15, 0.2) is 5.75 Å². The van der Waals surface area contributed by atoms with Gasteiger partial charge in [-0.05, 0) is 60.7 Å². The van der Waals surface area contributed by atoms with E-state index in [2.05, 4.69) is 15.5 Å². The van der Waals surface area contributed by atoms with Crippen molar-refractivity contribution in [1.82, 2.24) is 0 Å². The van der Waals surface area contributed by atoms with Gasteiger partial charge in [0.25, 0.3) is 5.91 Å². The number of phenols is 1. The first-order chi connectivity index (χ1) is 15.5. The Morgan fingerprint density at radius 2 is 1.69 bits per heavy atom. The molecule has 4 aromatic carbocycles. The molecule has 0 heterocycles. The minimum Gasteiger partial charge on any atom is -0.505 e. The van der Waals surface area contributed by atoms with Gasteiger partial charge in [-0.15, -0.1) is 10.2 Å². The fourth-order valence-electron chi connectivity index (χ4n) is 3.50. The van der Waals surface area contributed by atoms with Gasteiger partial charge in [0.05, 0.1) is 12.7 Å². The lowest BCUT2D eigenvalue weighted by atomic mass is 10.0. The number of carbonyl (C=O) groups excluding carboxylic acids is 1. The molecule has 0 radical (unpaired) electrons. The number of ether oxygens (including phenoxy) is 1. The van der Waals surface area contributed by atoms with Crippen LogP contribution in [-0.2, 0) is 0 Å². The number of aryl methyl sites for hydroxylation is 2. The van der Waals surface area contributed by atoms with Gasteiger partial charge in [-0.2, -0.15) is 0 Å². The van der Waals surface area contributed by atoms with Crippen molar-refractivity contribution >= 4 is 33.7 Å². The second-order valence-corrected chi connectivity index (χ2v) is 7.54. The van der Waals surface area contributed by atoms with Crippen molar-refractivity contribution in [3.8, 4) is 11.5 Å². The molecule has 32 heavy (non-hydrogen) atoms. The number of benzene rings is 4. The van der Waals surface area contributed by atoms with E-state index in [1.54, 1.807) is 19.2 Å². The molecule has 4 aromatic rings. The van der Waals surface area contributed by atoms with E-state index in [0.29, 0.717) is 22.5 Å². The van der Waals surface area contributed by atoms with E-state index in [-0.39, 0.29) is 17.0 Å². The van der Waals surface area contributed by atoms with E-state index >= 15 is 0 Å². The largest absolute Gasteiger partial charge is 0.505 e. The summed E-state index contributed by atoms with van der Waals surface area (Å²) in [6.07, 6.45) is 0. The lowest BCUT2D eigenvalue weighted by Crippen LogP contribution is -2.12. The molecular weight excluding hydrogens is 402 g/mol. The molecule has 0 fully saturated rings. The van der Waals surface area contributed by atoms with E-state index in [9.17, 15) is 9.90 Å². The Bertz CT molecular complexity index is 1350. The number of fused-ring (bicyclic) bond motifs is 1. The summed E-state index contributed by atoms with van der Waals surface area (Å²) in [5.74, 6) is -0.0934. The van der Waals surface area contributed by atoms with E-state index in [0.717, 1.165) is 16.5 Å². The third-order valence-corrected chi connectivity index (χ3v) is 5.11. The number of nitrogens with one attached hydrogen (secondary N) is 1. The van der Waals surface area contributed by atoms with Crippen molar-refractivity contribution < 1.29 is 14.6 Å². The third-order valence-electron chi connectivity index (χ3n) is 5.11. The SMILES string of the molecule is COc1ccc(C)cc1/N=N/c1c(O)c(C(=O)Nc2cccc(C)c2)cc2ccccc12. The van der Waals surface area contributed by atoms with Gasteiger partial charge >= 0.3 is 0 Å². The van der Waals surface area contributed by atoms with E-state index in [1.807, 2.05) is 74.5 Å². The molecule has 2 N–H and O–H groups in total. The maximum absolute atomic E-state index is 13.0. The summed E-state index contributed by atoms with van der Waals surface area (Å²) < 4.78 is 5.36. The molecule has 0 saturated heterocycles. The molecule has 0 saturated carbocycles. The van der Waals surface area contributed by atoms with Crippen molar-refractivity contribution in [1.29, 1.82) is 0 Å². The number of hydrogen-bond acceptors (Lipinski definition) is 5. The smallest absolute Gasteiger partial charge is 0.259 e. The van der Waals surface area contributed by atoms with Crippen LogP contribution in [0.5, 0.6) is 11.5 Å². The summed E-state index contributed by atoms with van der Waals surface area (Å²) in [7, 11) is 1.56. The number of hydrogen-bond donors (Lipinski definition) is 2. The van der Waals surface area contributed by atoms with Crippen LogP contribution in [0, 0.1) is 13.8 Å². The second kappa shape index (κ2) is 8.89. The van der Waals surface area contributed by atoms with E-state index in [4.69, 9.17) is 4.74 Å². The van der Waals surface area contributed by atoms with Crippen LogP contribution in [0.25, 0.3) is 10.8 Å². The Balaban J connectivity index is 1.80. The minimum atomic E-state index is -0.427. The lowest BCUT2D eigenvalue weighted by molar-refractivity contribution is 0.102. The molecule has 1 amide bonds. The Morgan fingerprint density at radius 1 is 0.906 bits per heavy atom. The monoisotopic (exact) mass is 425 g/mol. The highest BCUT2D eigenvalue weighted by molar-refractivity contribution is 6.11. The van der Waals surface area contributed by atoms with Crippen LogP contribution in [0.4, 0.5) is 17.1 Å². The van der Waals surface area contributed by atoms with Crippen LogP contribution in [-0.4, -0.2) is 18.1 Å². The van der Waals surface area contributed by atoms with Crippen molar-refractivity contribution in [3.63, 3.8) is 0 Å². The normalized spacial score (nSPS) is 11.1. The minimum absolute atomic E-state index is 0.121. The quantitative estimate of drug-likeness (QED) is 0.343. The highest BCUT2D eigenvalue weighted by atomic mass is 16.5. The molecule has 6 nitrogen and oxygen atoms in total. The zero-order chi connectivity index (χ0) is 22.7. The van der Waals surface area contributed by atoms with Gasteiger partial charge in [0.2, 0.25) is 0 Å². The maximum atomic E-state index is 13.0. The standard InChI is InChI=1S/C26H23N3O3/c1-16-7-6-9-19(13-16)27-26(31)21-15-18-8-4-5-10-20(18)24(25(21)30)29-28-22-14-17(2)11-12-23(22)32-3/h4-15,30H,1-3H3,(H,27,31)/b29-28+. The van der Waals surface area contributed by atoms with Gasteiger partial charge in [-0.3, -0.25) is 4.79 Å². The predicted octanol–water partition coefficient (Wildman–Crippen LogP) is 6.84. The summed E-state index contributed by atoms with van der Waals surface area (Å²) in [5, 5.41) is 24.0. The zero-order valence-corrected chi connectivity index (χ0v) is 18.1. The van der Waals surface area contributed by atoms with Gasteiger partial charge < -0.3 is 15.2 Å². The summed E-state index contributed by atoms with van der Waals surface area (Å²) in [6.45, 7) is 3.89. The molecule has 0 aliphatic carbocycles. The number of carbonyl (C=O) groups is 1. The van der Waals surface area contributed by atoms with Crippen LogP contribution in [0.3, 0.4) is 0 Å². The topological polar surface area (TPSA) is 83.3 Å². The van der Waals surface area contributed by atoms with Crippen LogP contribution in [0.2, 0.25) is 0 Å². The average molecular weight is 425 g/mol. The number of methoxy groups -OCH3 is 1. The van der Waals surface area contributed by atoms with Crippen molar-refractivity contribution in [2.24, 2.45) is 10.2 Å². The first kappa shape index (κ1) is 21.1. The Labute approximate surface area is 186 Å². The first-order valence-corrected chi connectivity index (χ1v) is 10.2. The van der Waals surface area contributed by atoms with Crippen LogP contribution in [0.15, 0.2) is 83.0 Å². The molecule has 0 aliphatic rings. The molecular formula is C26H23N3O3. The zero-order valence-electron chi connectivity index (χ0n) is 18.1. The number of nitrogens with zero attached hydrogens (tertiary/aromatic N) is 2. The van der Waals surface area contributed by atoms with Crippen molar-refractivity contribution in [2.75, 3.05) is 12.4 Å². The molecule has 0 unspecified atom stereocenters. The van der Waals surface area contributed by atoms with Gasteiger partial charge in [0, 0.05) is 11.1 Å². The van der Waals surface area contributed by atoms with Crippen LogP contribution >= 0.6 is 0 Å². The average Bonchev–Trinajstić information content (AvgIpc) is 2.78. The predicted molar refractivity (Wildman–Crippen MR) is 127 cm³/mol. The summed E-state index contributed by atoms with van der Waals surface area (Å²) in [6, 6.07) is 22.1. The summed E-state index contributed by atoms with van der Waals surface area (Å²) >= 11 is 0. The van der Waals surface area contributed by atoms with Crippen LogP contribution in [0.1, 0.15) is 21.5 Å². The highest BCUT2D eigenvalue weighted by Gasteiger charge is 2.19. The maximum Gasteiger partial charge on any atom is 0.259 e. The van der Waals surface area contributed by atoms with Crippen molar-refractivity contribution in [3.05, 3.63) is 89.5 Å². The van der Waals surface area contributed by atoms with Crippen LogP contribution < -0.4 is 10.1 Å². The number of amides is 1. The Hall–Kier alpha value is -4.19. The second-order valence-electron chi connectivity index (χ2n) is 7.54. The first-order valence-electron chi connectivity index (χ1n) is 10.2. The van der Waals surface area contributed by atoms with E-state index < -0.39 is 5.91 Å². The fourth-order valence-corrected chi connectivity index (χ4v) is 3.50. The van der Waals surface area contributed by atoms with Crippen molar-refractivity contribution in [2.45, 2.75) is 13.8 Å². The molecule has 0 aliphatic heterocycles. The Morgan fingerprint density at radius 3 is 2.47 bits per heavy atom. The summed E-state index contributed by atoms with van der Waals surface area (Å²) in [5.41, 5.74) is 3.55. The lowest BCUT2D eigenvalue weighted by Gasteiger charge is -2.12. The number of azo groups is 1. The van der Waals surface area contributed by atoms with Gasteiger partial charge in [-0.1, -0.05) is 42.5 Å². The Kier molecular flexibility index (Phi) is 5.85. The fraction of sp³-hybridized carbons (Fsp3) is 0.115. The molecule has 0 bridgehead atoms. The van der Waals surface area contributed by atoms with E-state index in [1.165, 1.54) is 0 Å². The summed E-state index contributed by atoms with van der Waals surface area (Å²) in [4.78, 5) is 13.0. The number of anilines is 1. The third kappa shape index (κ3) is 4.30. The number of phenolic OH excluding ortho intramolecular Hbond substituents is 1. The van der Waals surface area contributed by atoms with Gasteiger partial charge in [0.1, 0.15) is 17.1 Å². The molecule has 6 heteroatoms. The molecule has 4 rings (SSSR count). The molecule has 0 atom stereocenters. The molecule has 0 spiro atoms. The molecule has 160 valence electrons. The van der Waals surface area contributed by atoms with Gasteiger partial charge in [-0.25, -0.2) is 0 Å².